The van der Waals surface area contributed by atoms with E-state index in [-0.39, 0.29) is 36.4 Å². The number of nitrogens with one attached hydrogen (secondary N) is 3. The van der Waals surface area contributed by atoms with Gasteiger partial charge in [-0.2, -0.15) is 5.10 Å². The Morgan fingerprint density at radius 2 is 1.73 bits per heavy atom. The largest absolute Gasteiger partial charge is 0.444 e. The highest BCUT2D eigenvalue weighted by atomic mass is 16.6. The summed E-state index contributed by atoms with van der Waals surface area (Å²) in [5, 5.41) is 10.8. The molecule has 1 aliphatic heterocycles. The van der Waals surface area contributed by atoms with Crippen LogP contribution in [-0.2, 0) is 14.3 Å². The number of ether oxygens (including phenoxy) is 2. The summed E-state index contributed by atoms with van der Waals surface area (Å²) in [5.74, 6) is -0.300. The number of H-pyrrole nitrogens is 1. The summed E-state index contributed by atoms with van der Waals surface area (Å²) in [6.45, 7) is 11.9. The normalized spacial score (nSPS) is 14.8. The maximum atomic E-state index is 12.7. The van der Waals surface area contributed by atoms with Crippen LogP contribution in [0.2, 0.25) is 0 Å². The first kappa shape index (κ1) is 28.9. The molecule has 0 aliphatic carbocycles. The number of likely N-dealkylation sites (tertiary alicyclic amines) is 1. The number of aromatic amines is 1. The van der Waals surface area contributed by atoms with E-state index in [2.05, 4.69) is 15.6 Å². The number of aromatic nitrogens is 3. The Kier molecular flexibility index (Phi) is 8.08. The number of carbonyl (C=O) groups is 3. The van der Waals surface area contributed by atoms with Gasteiger partial charge in [-0.25, -0.2) is 14.1 Å². The molecule has 0 bridgehead atoms. The van der Waals surface area contributed by atoms with Crippen LogP contribution in [0.25, 0.3) is 16.6 Å². The highest BCUT2D eigenvalue weighted by Gasteiger charge is 2.29. The molecule has 40 heavy (non-hydrogen) atoms. The van der Waals surface area contributed by atoms with E-state index in [0.717, 1.165) is 5.69 Å². The van der Waals surface area contributed by atoms with Gasteiger partial charge in [0, 0.05) is 38.0 Å². The molecule has 3 N–H and O–H groups in total. The monoisotopic (exact) mass is 554 g/mol. The second-order valence-corrected chi connectivity index (χ2v) is 12.0. The number of carbonyl (C=O) groups excluding carboxylic acids is 3. The number of fused-ring (bicyclic) bond motifs is 3. The van der Waals surface area contributed by atoms with Crippen molar-refractivity contribution in [1.82, 2.24) is 24.8 Å². The minimum absolute atomic E-state index is 0.00905. The first-order valence-electron chi connectivity index (χ1n) is 13.5. The van der Waals surface area contributed by atoms with Crippen LogP contribution in [0.3, 0.4) is 0 Å². The molecule has 0 atom stereocenters. The van der Waals surface area contributed by atoms with Crippen molar-refractivity contribution >= 4 is 40.3 Å². The number of nitrogens with zero attached hydrogens (tertiary/aromatic N) is 3. The molecule has 0 spiro atoms. The fourth-order valence-corrected chi connectivity index (χ4v) is 4.67. The van der Waals surface area contributed by atoms with Gasteiger partial charge in [-0.3, -0.25) is 9.59 Å². The molecule has 1 fully saturated rings. The zero-order valence-corrected chi connectivity index (χ0v) is 23.9. The predicted molar refractivity (Wildman–Crippen MR) is 151 cm³/mol. The summed E-state index contributed by atoms with van der Waals surface area (Å²) in [6.07, 6.45) is 0.415. The van der Waals surface area contributed by atoms with Gasteiger partial charge in [0.05, 0.1) is 22.3 Å². The predicted octanol–water partition coefficient (Wildman–Crippen LogP) is 4.14. The fourth-order valence-electron chi connectivity index (χ4n) is 4.67. The van der Waals surface area contributed by atoms with Gasteiger partial charge in [0.2, 0.25) is 5.91 Å². The van der Waals surface area contributed by atoms with Crippen molar-refractivity contribution in [1.29, 1.82) is 0 Å². The molecule has 3 amide bonds. The SMILES string of the molecule is CC(C)(C)OC(=O)NCCC(=O)Nc1cccc2nn3c(C4CCN(C(=O)OC(C)(C)C)CC4)cc(=O)[nH]c3c12. The van der Waals surface area contributed by atoms with Crippen molar-refractivity contribution in [2.45, 2.75) is 77.9 Å². The third kappa shape index (κ3) is 7.10. The van der Waals surface area contributed by atoms with Crippen molar-refractivity contribution < 1.29 is 23.9 Å². The molecule has 3 aromatic rings. The quantitative estimate of drug-likeness (QED) is 0.429. The zero-order valence-electron chi connectivity index (χ0n) is 23.9. The van der Waals surface area contributed by atoms with Crippen LogP contribution in [0.15, 0.2) is 29.1 Å². The van der Waals surface area contributed by atoms with Gasteiger partial charge in [0.1, 0.15) is 16.8 Å². The molecule has 4 rings (SSSR count). The number of piperidine rings is 1. The topological polar surface area (TPSA) is 147 Å². The Morgan fingerprint density at radius 3 is 2.38 bits per heavy atom. The average molecular weight is 555 g/mol. The van der Waals surface area contributed by atoms with Crippen LogP contribution in [0, 0.1) is 0 Å². The minimum atomic E-state index is -0.629. The first-order valence-corrected chi connectivity index (χ1v) is 13.5. The summed E-state index contributed by atoms with van der Waals surface area (Å²) in [6, 6.07) is 6.89. The first-order chi connectivity index (χ1) is 18.7. The Balaban J connectivity index is 1.51. The zero-order chi connectivity index (χ0) is 29.2. The van der Waals surface area contributed by atoms with Crippen molar-refractivity contribution in [2.24, 2.45) is 0 Å². The maximum absolute atomic E-state index is 12.7. The molecule has 1 saturated heterocycles. The second-order valence-electron chi connectivity index (χ2n) is 12.0. The molecule has 0 unspecified atom stereocenters. The summed E-state index contributed by atoms with van der Waals surface area (Å²) in [7, 11) is 0. The minimum Gasteiger partial charge on any atom is -0.444 e. The lowest BCUT2D eigenvalue weighted by molar-refractivity contribution is -0.116. The van der Waals surface area contributed by atoms with Crippen LogP contribution in [0.1, 0.15) is 72.4 Å². The Bertz CT molecular complexity index is 1470. The van der Waals surface area contributed by atoms with Crippen molar-refractivity contribution in [3.8, 4) is 0 Å². The number of rotatable bonds is 5. The fraction of sp³-hybridized carbons (Fsp3) is 0.536. The molecule has 1 aliphatic rings. The molecule has 0 radical (unpaired) electrons. The van der Waals surface area contributed by atoms with Gasteiger partial charge in [-0.05, 0) is 66.5 Å². The molecule has 12 nitrogen and oxygen atoms in total. The standard InChI is InChI=1S/C28H38N6O6/c1-27(2,3)39-25(37)29-13-10-21(35)30-18-8-7-9-19-23(18)24-31-22(36)16-20(34(24)32-19)17-11-14-33(15-12-17)26(38)40-28(4,5)6/h7-9,16-17H,10-15H2,1-6H3,(H,29,37)(H,30,35)(H,31,36). The molecular formula is C28H38N6O6. The lowest BCUT2D eigenvalue weighted by atomic mass is 9.93. The van der Waals surface area contributed by atoms with Crippen molar-refractivity contribution in [2.75, 3.05) is 25.0 Å². The number of hydrogen-bond donors (Lipinski definition) is 3. The summed E-state index contributed by atoms with van der Waals surface area (Å²) < 4.78 is 12.4. The summed E-state index contributed by atoms with van der Waals surface area (Å²) >= 11 is 0. The van der Waals surface area contributed by atoms with Gasteiger partial charge >= 0.3 is 12.2 Å². The van der Waals surface area contributed by atoms with E-state index < -0.39 is 17.3 Å². The third-order valence-corrected chi connectivity index (χ3v) is 6.32. The lowest BCUT2D eigenvalue weighted by Crippen LogP contribution is -2.41. The molecular weight excluding hydrogens is 516 g/mol. The van der Waals surface area contributed by atoms with Crippen LogP contribution >= 0.6 is 0 Å². The lowest BCUT2D eigenvalue weighted by Gasteiger charge is -2.33. The molecule has 12 heteroatoms. The highest BCUT2D eigenvalue weighted by Crippen LogP contribution is 2.32. The Hall–Kier alpha value is -4.09. The van der Waals surface area contributed by atoms with Crippen molar-refractivity contribution in [3.05, 3.63) is 40.3 Å². The van der Waals surface area contributed by atoms with E-state index in [1.807, 2.05) is 26.8 Å². The molecule has 216 valence electrons. The Labute approximate surface area is 232 Å². The molecule has 1 aromatic carbocycles. The van der Waals surface area contributed by atoms with E-state index in [9.17, 15) is 19.2 Å². The second kappa shape index (κ2) is 11.2. The van der Waals surface area contributed by atoms with Gasteiger partial charge in [-0.15, -0.1) is 0 Å². The number of anilines is 1. The number of alkyl carbamates (subject to hydrolysis) is 1. The van der Waals surface area contributed by atoms with E-state index in [0.29, 0.717) is 48.2 Å². The van der Waals surface area contributed by atoms with E-state index in [4.69, 9.17) is 14.6 Å². The van der Waals surface area contributed by atoms with E-state index >= 15 is 0 Å². The van der Waals surface area contributed by atoms with E-state index in [1.54, 1.807) is 48.4 Å². The van der Waals surface area contributed by atoms with E-state index in [1.165, 1.54) is 0 Å². The van der Waals surface area contributed by atoms with Crippen LogP contribution in [0.5, 0.6) is 0 Å². The van der Waals surface area contributed by atoms with Gasteiger partial charge in [0.25, 0.3) is 5.56 Å². The maximum Gasteiger partial charge on any atom is 0.410 e. The van der Waals surface area contributed by atoms with Crippen LogP contribution in [0.4, 0.5) is 15.3 Å². The molecule has 3 heterocycles. The van der Waals surface area contributed by atoms with Crippen molar-refractivity contribution in [3.63, 3.8) is 0 Å². The van der Waals surface area contributed by atoms with Crippen LogP contribution < -0.4 is 16.2 Å². The van der Waals surface area contributed by atoms with Gasteiger partial charge in [-0.1, -0.05) is 6.07 Å². The van der Waals surface area contributed by atoms with Gasteiger partial charge in [0.15, 0.2) is 0 Å². The highest BCUT2D eigenvalue weighted by molar-refractivity contribution is 6.07. The number of hydrogen-bond acceptors (Lipinski definition) is 7. The molecule has 0 saturated carbocycles. The third-order valence-electron chi connectivity index (χ3n) is 6.32. The number of amides is 3. The Morgan fingerprint density at radius 1 is 1.05 bits per heavy atom. The van der Waals surface area contributed by atoms with Gasteiger partial charge < -0.3 is 30.0 Å². The summed E-state index contributed by atoms with van der Waals surface area (Å²) in [5.41, 5.74) is 0.871. The van der Waals surface area contributed by atoms with Crippen LogP contribution in [-0.4, -0.2) is 68.4 Å². The smallest absolute Gasteiger partial charge is 0.410 e. The average Bonchev–Trinajstić information content (AvgIpc) is 3.21. The molecule has 2 aromatic heterocycles. The number of benzene rings is 1. The summed E-state index contributed by atoms with van der Waals surface area (Å²) in [4.78, 5) is 54.3.